The third-order valence-electron chi connectivity index (χ3n) is 2.11. The van der Waals surface area contributed by atoms with Gasteiger partial charge >= 0.3 is 5.97 Å². The summed E-state index contributed by atoms with van der Waals surface area (Å²) in [5.74, 6) is -1.26. The molecule has 0 aliphatic rings. The van der Waals surface area contributed by atoms with E-state index >= 15 is 0 Å². The van der Waals surface area contributed by atoms with Crippen LogP contribution < -0.4 is 0 Å². The van der Waals surface area contributed by atoms with Gasteiger partial charge < -0.3 is 14.7 Å². The summed E-state index contributed by atoms with van der Waals surface area (Å²) in [7, 11) is 0. The summed E-state index contributed by atoms with van der Waals surface area (Å²) in [5.41, 5.74) is 0. The minimum absolute atomic E-state index is 0.189. The molecule has 0 saturated carbocycles. The number of nitrogens with zero attached hydrogens (tertiary/aromatic N) is 1. The molecule has 1 N–H and O–H groups in total. The Hall–Kier alpha value is -1.40. The maximum atomic E-state index is 11.7. The molecule has 0 atom stereocenters. The Morgan fingerprint density at radius 2 is 2.24 bits per heavy atom. The second-order valence-corrected chi connectivity index (χ2v) is 4.41. The Morgan fingerprint density at radius 1 is 1.47 bits per heavy atom. The molecule has 0 bridgehead atoms. The largest absolute Gasteiger partial charge is 0.480 e. The van der Waals surface area contributed by atoms with Gasteiger partial charge in [-0.25, -0.2) is 4.79 Å². The lowest BCUT2D eigenvalue weighted by molar-refractivity contribution is -0.146. The Bertz CT molecular complexity index is 364. The van der Waals surface area contributed by atoms with Crippen LogP contribution in [0.5, 0.6) is 0 Å². The van der Waals surface area contributed by atoms with Crippen molar-refractivity contribution in [2.24, 2.45) is 0 Å². The number of likely N-dealkylation sites (N-methyl/N-ethyl adjacent to an activating group) is 1. The lowest BCUT2D eigenvalue weighted by atomic mass is 10.4. The smallest absolute Gasteiger partial charge is 0.329 e. The van der Waals surface area contributed by atoms with E-state index in [2.05, 4.69) is 0 Å². The van der Waals surface area contributed by atoms with Gasteiger partial charge in [-0.3, -0.25) is 4.79 Å². The van der Waals surface area contributed by atoms with E-state index in [1.54, 1.807) is 16.2 Å². The third kappa shape index (κ3) is 4.97. The van der Waals surface area contributed by atoms with E-state index in [1.807, 2.05) is 24.4 Å². The SMILES string of the molecule is CCN(Cc1cccs1)C(=O)COCC(=O)O. The molecule has 0 fully saturated rings. The summed E-state index contributed by atoms with van der Waals surface area (Å²) < 4.78 is 4.77. The Kier molecular flexibility index (Phi) is 5.65. The Morgan fingerprint density at radius 3 is 2.76 bits per heavy atom. The molecule has 1 aromatic rings. The van der Waals surface area contributed by atoms with Gasteiger partial charge in [0, 0.05) is 11.4 Å². The van der Waals surface area contributed by atoms with Crippen molar-refractivity contribution in [2.75, 3.05) is 19.8 Å². The van der Waals surface area contributed by atoms with Crippen LogP contribution in [-0.4, -0.2) is 41.6 Å². The van der Waals surface area contributed by atoms with E-state index in [0.29, 0.717) is 13.1 Å². The van der Waals surface area contributed by atoms with Crippen LogP contribution in [-0.2, 0) is 20.9 Å². The number of amides is 1. The standard InChI is InChI=1S/C11H15NO4S/c1-2-12(6-9-4-3-5-17-9)10(13)7-16-8-11(14)15/h3-5H,2,6-8H2,1H3,(H,14,15). The fourth-order valence-corrected chi connectivity index (χ4v) is 2.00. The molecule has 5 nitrogen and oxygen atoms in total. The number of hydrogen-bond donors (Lipinski definition) is 1. The van der Waals surface area contributed by atoms with Crippen LogP contribution >= 0.6 is 11.3 Å². The first kappa shape index (κ1) is 13.7. The zero-order chi connectivity index (χ0) is 12.7. The number of aliphatic carboxylic acids is 1. The molecule has 0 radical (unpaired) electrons. The first-order valence-electron chi connectivity index (χ1n) is 5.23. The number of rotatable bonds is 7. The van der Waals surface area contributed by atoms with Crippen LogP contribution in [0.2, 0.25) is 0 Å². The lowest BCUT2D eigenvalue weighted by Gasteiger charge is -2.19. The number of carboxylic acids is 1. The summed E-state index contributed by atoms with van der Waals surface area (Å²) in [5, 5.41) is 10.3. The van der Waals surface area contributed by atoms with Gasteiger partial charge in [0.1, 0.15) is 13.2 Å². The summed E-state index contributed by atoms with van der Waals surface area (Å²) in [6, 6.07) is 3.89. The number of carboxylic acid groups (broad SMARTS) is 1. The molecular formula is C11H15NO4S. The number of hydrogen-bond acceptors (Lipinski definition) is 4. The molecule has 1 heterocycles. The predicted octanol–water partition coefficient (Wildman–Crippen LogP) is 1.20. The Balaban J connectivity index is 2.38. The van der Waals surface area contributed by atoms with Crippen molar-refractivity contribution in [3.63, 3.8) is 0 Å². The second-order valence-electron chi connectivity index (χ2n) is 3.37. The molecule has 94 valence electrons. The van der Waals surface area contributed by atoms with E-state index in [9.17, 15) is 9.59 Å². The van der Waals surface area contributed by atoms with Gasteiger partial charge in [0.25, 0.3) is 0 Å². The molecule has 0 aliphatic carbocycles. The zero-order valence-electron chi connectivity index (χ0n) is 9.59. The van der Waals surface area contributed by atoms with Crippen LogP contribution in [0, 0.1) is 0 Å². The maximum Gasteiger partial charge on any atom is 0.329 e. The van der Waals surface area contributed by atoms with E-state index in [1.165, 1.54) is 0 Å². The van der Waals surface area contributed by atoms with Crippen molar-refractivity contribution in [3.05, 3.63) is 22.4 Å². The molecule has 1 amide bonds. The molecule has 17 heavy (non-hydrogen) atoms. The number of carbonyl (C=O) groups is 2. The van der Waals surface area contributed by atoms with Crippen molar-refractivity contribution in [2.45, 2.75) is 13.5 Å². The van der Waals surface area contributed by atoms with Crippen molar-refractivity contribution in [1.82, 2.24) is 4.90 Å². The highest BCUT2D eigenvalue weighted by Crippen LogP contribution is 2.11. The fraction of sp³-hybridized carbons (Fsp3) is 0.455. The maximum absolute atomic E-state index is 11.7. The normalized spacial score (nSPS) is 10.2. The van der Waals surface area contributed by atoms with Gasteiger partial charge in [0.15, 0.2) is 0 Å². The molecule has 0 aromatic carbocycles. The monoisotopic (exact) mass is 257 g/mol. The first-order valence-corrected chi connectivity index (χ1v) is 6.11. The summed E-state index contributed by atoms with van der Waals surface area (Å²) in [6.07, 6.45) is 0. The van der Waals surface area contributed by atoms with E-state index in [-0.39, 0.29) is 12.5 Å². The van der Waals surface area contributed by atoms with Crippen LogP contribution in [0.1, 0.15) is 11.8 Å². The molecule has 6 heteroatoms. The van der Waals surface area contributed by atoms with Crippen molar-refractivity contribution in [3.8, 4) is 0 Å². The number of ether oxygens (including phenoxy) is 1. The van der Waals surface area contributed by atoms with Crippen LogP contribution in [0.25, 0.3) is 0 Å². The number of thiophene rings is 1. The molecule has 0 spiro atoms. The molecule has 0 unspecified atom stereocenters. The highest BCUT2D eigenvalue weighted by Gasteiger charge is 2.13. The molecular weight excluding hydrogens is 242 g/mol. The summed E-state index contributed by atoms with van der Waals surface area (Å²) >= 11 is 1.58. The van der Waals surface area contributed by atoms with Crippen LogP contribution in [0.4, 0.5) is 0 Å². The van der Waals surface area contributed by atoms with Crippen LogP contribution in [0.3, 0.4) is 0 Å². The molecule has 0 aliphatic heterocycles. The Labute approximate surface area is 104 Å². The summed E-state index contributed by atoms with van der Waals surface area (Å²) in [6.45, 7) is 2.37. The van der Waals surface area contributed by atoms with E-state index < -0.39 is 12.6 Å². The highest BCUT2D eigenvalue weighted by atomic mass is 32.1. The van der Waals surface area contributed by atoms with Crippen LogP contribution in [0.15, 0.2) is 17.5 Å². The second kappa shape index (κ2) is 7.03. The predicted molar refractivity (Wildman–Crippen MR) is 63.9 cm³/mol. The average Bonchev–Trinajstić information content (AvgIpc) is 2.77. The van der Waals surface area contributed by atoms with Gasteiger partial charge in [-0.1, -0.05) is 6.07 Å². The fourth-order valence-electron chi connectivity index (χ4n) is 1.28. The van der Waals surface area contributed by atoms with Crippen molar-refractivity contribution >= 4 is 23.2 Å². The van der Waals surface area contributed by atoms with Gasteiger partial charge in [-0.2, -0.15) is 0 Å². The minimum Gasteiger partial charge on any atom is -0.480 e. The summed E-state index contributed by atoms with van der Waals surface area (Å²) in [4.78, 5) is 24.7. The molecule has 1 aromatic heterocycles. The quantitative estimate of drug-likeness (QED) is 0.797. The minimum atomic E-state index is -1.07. The van der Waals surface area contributed by atoms with Gasteiger partial charge in [0.05, 0.1) is 6.54 Å². The van der Waals surface area contributed by atoms with Gasteiger partial charge in [-0.15, -0.1) is 11.3 Å². The van der Waals surface area contributed by atoms with Crippen molar-refractivity contribution in [1.29, 1.82) is 0 Å². The zero-order valence-corrected chi connectivity index (χ0v) is 10.4. The number of carbonyl (C=O) groups excluding carboxylic acids is 1. The third-order valence-corrected chi connectivity index (χ3v) is 2.97. The van der Waals surface area contributed by atoms with E-state index in [4.69, 9.17) is 9.84 Å². The van der Waals surface area contributed by atoms with Gasteiger partial charge in [0.2, 0.25) is 5.91 Å². The molecule has 0 saturated heterocycles. The lowest BCUT2D eigenvalue weighted by Crippen LogP contribution is -2.33. The van der Waals surface area contributed by atoms with Crippen molar-refractivity contribution < 1.29 is 19.4 Å². The first-order chi connectivity index (χ1) is 8.13. The van der Waals surface area contributed by atoms with Gasteiger partial charge in [-0.05, 0) is 18.4 Å². The molecule has 1 rings (SSSR count). The van der Waals surface area contributed by atoms with E-state index in [0.717, 1.165) is 4.88 Å². The highest BCUT2D eigenvalue weighted by molar-refractivity contribution is 7.09. The topological polar surface area (TPSA) is 66.8 Å². The average molecular weight is 257 g/mol.